The number of benzene rings is 1. The van der Waals surface area contributed by atoms with E-state index in [1.165, 1.54) is 0 Å². The minimum absolute atomic E-state index is 0.123. The highest BCUT2D eigenvalue weighted by molar-refractivity contribution is 6.30. The molecule has 1 fully saturated rings. The summed E-state index contributed by atoms with van der Waals surface area (Å²) in [6, 6.07) is 5.29. The van der Waals surface area contributed by atoms with Crippen LogP contribution in [-0.4, -0.2) is 37.5 Å². The Kier molecular flexibility index (Phi) is 5.13. The van der Waals surface area contributed by atoms with Crippen LogP contribution in [0.4, 0.5) is 8.78 Å². The van der Waals surface area contributed by atoms with Crippen molar-refractivity contribution in [3.8, 4) is 0 Å². The van der Waals surface area contributed by atoms with Crippen LogP contribution in [0.2, 0.25) is 5.02 Å². The van der Waals surface area contributed by atoms with Crippen molar-refractivity contribution < 1.29 is 8.78 Å². The zero-order chi connectivity index (χ0) is 13.8. The number of nitrogens with zero attached hydrogens (tertiary/aromatic N) is 1. The van der Waals surface area contributed by atoms with Crippen LogP contribution < -0.4 is 5.32 Å². The quantitative estimate of drug-likeness (QED) is 0.915. The average Bonchev–Trinajstić information content (AvgIpc) is 2.37. The van der Waals surface area contributed by atoms with E-state index in [2.05, 4.69) is 10.2 Å². The lowest BCUT2D eigenvalue weighted by atomic mass is 9.97. The lowest BCUT2D eigenvalue weighted by molar-refractivity contribution is 0.0737. The first kappa shape index (κ1) is 14.7. The van der Waals surface area contributed by atoms with Crippen LogP contribution in [0.25, 0.3) is 0 Å². The van der Waals surface area contributed by atoms with Gasteiger partial charge in [0, 0.05) is 43.7 Å². The summed E-state index contributed by atoms with van der Waals surface area (Å²) in [6.07, 6.45) is -2.42. The Morgan fingerprint density at radius 1 is 1.32 bits per heavy atom. The summed E-state index contributed by atoms with van der Waals surface area (Å²) in [4.78, 5) is 2.14. The Morgan fingerprint density at radius 2 is 2.00 bits per heavy atom. The fraction of sp³-hybridized carbons (Fsp3) is 0.571. The molecular formula is C14H19ClF2N2. The van der Waals surface area contributed by atoms with E-state index in [4.69, 9.17) is 11.6 Å². The molecule has 0 bridgehead atoms. The number of hydrogen-bond acceptors (Lipinski definition) is 2. The topological polar surface area (TPSA) is 15.3 Å². The molecule has 1 heterocycles. The zero-order valence-electron chi connectivity index (χ0n) is 11.0. The molecule has 2 rings (SSSR count). The van der Waals surface area contributed by atoms with Crippen LogP contribution >= 0.6 is 11.6 Å². The minimum Gasteiger partial charge on any atom is -0.314 e. The summed E-state index contributed by atoms with van der Waals surface area (Å²) in [7, 11) is 0. The van der Waals surface area contributed by atoms with E-state index in [1.54, 1.807) is 6.07 Å². The van der Waals surface area contributed by atoms with E-state index in [0.29, 0.717) is 5.02 Å². The van der Waals surface area contributed by atoms with Crippen LogP contribution in [0.15, 0.2) is 18.2 Å². The molecule has 0 aliphatic carbocycles. The molecule has 19 heavy (non-hydrogen) atoms. The van der Waals surface area contributed by atoms with Crippen LogP contribution in [0.1, 0.15) is 23.6 Å². The molecule has 2 nitrogen and oxygen atoms in total. The van der Waals surface area contributed by atoms with Gasteiger partial charge in [-0.1, -0.05) is 17.7 Å². The van der Waals surface area contributed by atoms with Gasteiger partial charge in [-0.25, -0.2) is 8.78 Å². The van der Waals surface area contributed by atoms with Crippen molar-refractivity contribution in [1.29, 1.82) is 0 Å². The first-order valence-corrected chi connectivity index (χ1v) is 6.94. The lowest BCUT2D eigenvalue weighted by Crippen LogP contribution is -2.45. The van der Waals surface area contributed by atoms with Crippen molar-refractivity contribution in [3.63, 3.8) is 0 Å². The third kappa shape index (κ3) is 3.88. The summed E-state index contributed by atoms with van der Waals surface area (Å²) in [5.74, 6) is 0. The van der Waals surface area contributed by atoms with Gasteiger partial charge in [0.25, 0.3) is 0 Å². The molecule has 5 heteroatoms. The predicted octanol–water partition coefficient (Wildman–Crippen LogP) is 3.25. The molecule has 1 aromatic rings. The van der Waals surface area contributed by atoms with Gasteiger partial charge in [0.1, 0.15) is 0 Å². The van der Waals surface area contributed by atoms with Gasteiger partial charge < -0.3 is 5.32 Å². The van der Waals surface area contributed by atoms with Crippen LogP contribution in [0.5, 0.6) is 0 Å². The van der Waals surface area contributed by atoms with E-state index in [1.807, 2.05) is 19.1 Å². The van der Waals surface area contributed by atoms with Gasteiger partial charge >= 0.3 is 0 Å². The highest BCUT2D eigenvalue weighted by atomic mass is 35.5. The summed E-state index contributed by atoms with van der Waals surface area (Å²) >= 11 is 5.94. The highest BCUT2D eigenvalue weighted by Gasteiger charge is 2.26. The van der Waals surface area contributed by atoms with E-state index in [9.17, 15) is 8.78 Å². The highest BCUT2D eigenvalue weighted by Crippen LogP contribution is 2.31. The summed E-state index contributed by atoms with van der Waals surface area (Å²) in [5, 5.41) is 3.90. The Bertz CT molecular complexity index is 420. The molecule has 0 amide bonds. The molecule has 1 aliphatic heterocycles. The first-order chi connectivity index (χ1) is 9.08. The SMILES string of the molecule is Cc1cc(Cl)ccc1[C@@H](CC(F)F)N1CCNCC1. The second-order valence-corrected chi connectivity index (χ2v) is 5.37. The molecule has 1 aliphatic rings. The second-order valence-electron chi connectivity index (χ2n) is 4.93. The Labute approximate surface area is 117 Å². The van der Waals surface area contributed by atoms with E-state index in [0.717, 1.165) is 37.3 Å². The number of aryl methyl sites for hydroxylation is 1. The smallest absolute Gasteiger partial charge is 0.240 e. The Hall–Kier alpha value is -0.710. The maximum Gasteiger partial charge on any atom is 0.240 e. The lowest BCUT2D eigenvalue weighted by Gasteiger charge is -2.35. The summed E-state index contributed by atoms with van der Waals surface area (Å²) in [6.45, 7) is 5.25. The molecule has 1 atom stereocenters. The monoisotopic (exact) mass is 288 g/mol. The van der Waals surface area contributed by atoms with Gasteiger partial charge in [0.2, 0.25) is 6.43 Å². The molecule has 0 spiro atoms. The van der Waals surface area contributed by atoms with Crippen molar-refractivity contribution >= 4 is 11.6 Å². The molecule has 1 saturated heterocycles. The standard InChI is InChI=1S/C14H19ClF2N2/c1-10-8-11(15)2-3-12(10)13(9-14(16)17)19-6-4-18-5-7-19/h2-3,8,13-14,18H,4-7,9H2,1H3/t13-/m1/s1. The molecule has 0 saturated carbocycles. The fourth-order valence-electron chi connectivity index (χ4n) is 2.65. The van der Waals surface area contributed by atoms with Crippen molar-refractivity contribution in [2.75, 3.05) is 26.2 Å². The Balaban J connectivity index is 2.25. The molecule has 0 aromatic heterocycles. The van der Waals surface area contributed by atoms with E-state index in [-0.39, 0.29) is 12.5 Å². The minimum atomic E-state index is -2.30. The largest absolute Gasteiger partial charge is 0.314 e. The van der Waals surface area contributed by atoms with Crippen LogP contribution in [0.3, 0.4) is 0 Å². The van der Waals surface area contributed by atoms with Crippen molar-refractivity contribution in [1.82, 2.24) is 10.2 Å². The summed E-state index contributed by atoms with van der Waals surface area (Å²) in [5.41, 5.74) is 1.95. The van der Waals surface area contributed by atoms with Gasteiger partial charge in [-0.3, -0.25) is 4.90 Å². The first-order valence-electron chi connectivity index (χ1n) is 6.57. The van der Waals surface area contributed by atoms with Crippen molar-refractivity contribution in [3.05, 3.63) is 34.3 Å². The number of alkyl halides is 2. The summed E-state index contributed by atoms with van der Waals surface area (Å²) < 4.78 is 25.7. The number of hydrogen-bond donors (Lipinski definition) is 1. The maximum absolute atomic E-state index is 12.9. The number of nitrogens with one attached hydrogen (secondary N) is 1. The van der Waals surface area contributed by atoms with E-state index >= 15 is 0 Å². The number of halogens is 3. The molecular weight excluding hydrogens is 270 g/mol. The van der Waals surface area contributed by atoms with Gasteiger partial charge in [0.05, 0.1) is 0 Å². The zero-order valence-corrected chi connectivity index (χ0v) is 11.8. The van der Waals surface area contributed by atoms with Gasteiger partial charge in [-0.2, -0.15) is 0 Å². The second kappa shape index (κ2) is 6.64. The van der Waals surface area contributed by atoms with Gasteiger partial charge in [-0.05, 0) is 30.2 Å². The van der Waals surface area contributed by atoms with Crippen LogP contribution in [0, 0.1) is 6.92 Å². The van der Waals surface area contributed by atoms with E-state index < -0.39 is 6.43 Å². The number of piperazine rings is 1. The van der Waals surface area contributed by atoms with Gasteiger partial charge in [0.15, 0.2) is 0 Å². The predicted molar refractivity (Wildman–Crippen MR) is 74.0 cm³/mol. The van der Waals surface area contributed by atoms with Gasteiger partial charge in [-0.15, -0.1) is 0 Å². The molecule has 106 valence electrons. The normalized spacial score (nSPS) is 18.8. The molecule has 1 aromatic carbocycles. The third-order valence-electron chi connectivity index (χ3n) is 3.58. The number of rotatable bonds is 4. The Morgan fingerprint density at radius 3 is 2.58 bits per heavy atom. The molecule has 0 radical (unpaired) electrons. The van der Waals surface area contributed by atoms with Crippen molar-refractivity contribution in [2.45, 2.75) is 25.8 Å². The van der Waals surface area contributed by atoms with Crippen molar-refractivity contribution in [2.24, 2.45) is 0 Å². The third-order valence-corrected chi connectivity index (χ3v) is 3.82. The average molecular weight is 289 g/mol. The molecule has 0 unspecified atom stereocenters. The maximum atomic E-state index is 12.9. The van der Waals surface area contributed by atoms with Crippen LogP contribution in [-0.2, 0) is 0 Å². The fourth-order valence-corrected chi connectivity index (χ4v) is 2.87. The molecule has 1 N–H and O–H groups in total.